The second-order valence-corrected chi connectivity index (χ2v) is 8.78. The van der Waals surface area contributed by atoms with Gasteiger partial charge in [0.25, 0.3) is 0 Å². The summed E-state index contributed by atoms with van der Waals surface area (Å²) < 4.78 is 0. The summed E-state index contributed by atoms with van der Waals surface area (Å²) in [4.78, 5) is 33.4. The number of aliphatic imine (C=N–C) groups is 1. The lowest BCUT2D eigenvalue weighted by atomic mass is 9.85. The van der Waals surface area contributed by atoms with Crippen molar-refractivity contribution in [1.82, 2.24) is 20.4 Å². The van der Waals surface area contributed by atoms with Crippen molar-refractivity contribution in [3.05, 3.63) is 0 Å². The van der Waals surface area contributed by atoms with Crippen LogP contribution in [0, 0.1) is 11.3 Å². The molecule has 1 aliphatic heterocycles. The van der Waals surface area contributed by atoms with E-state index in [1.54, 1.807) is 4.90 Å². The Morgan fingerprint density at radius 1 is 1.17 bits per heavy atom. The lowest BCUT2D eigenvalue weighted by Crippen LogP contribution is -2.50. The number of hydrogen-bond donors (Lipinski definition) is 2. The summed E-state index contributed by atoms with van der Waals surface area (Å²) in [5.74, 6) is 1.28. The Morgan fingerprint density at radius 3 is 2.24 bits per heavy atom. The van der Waals surface area contributed by atoms with Crippen LogP contribution >= 0.6 is 24.0 Å². The maximum absolute atomic E-state index is 12.8. The molecule has 1 saturated carbocycles. The summed E-state index contributed by atoms with van der Waals surface area (Å²) >= 11 is 0. The summed E-state index contributed by atoms with van der Waals surface area (Å²) in [6.07, 6.45) is 5.88. The molecule has 2 fully saturated rings. The molecule has 0 aromatic heterocycles. The number of piperidine rings is 1. The number of nitrogens with one attached hydrogen (secondary N) is 2. The molecule has 2 rings (SSSR count). The second kappa shape index (κ2) is 12.0. The smallest absolute Gasteiger partial charge is 0.230 e. The molecule has 168 valence electrons. The van der Waals surface area contributed by atoms with E-state index in [4.69, 9.17) is 4.99 Å². The van der Waals surface area contributed by atoms with Gasteiger partial charge in [-0.3, -0.25) is 14.6 Å². The fraction of sp³-hybridized carbons (Fsp3) is 0.857. The van der Waals surface area contributed by atoms with Crippen molar-refractivity contribution in [3.8, 4) is 0 Å². The van der Waals surface area contributed by atoms with E-state index < -0.39 is 0 Å². The molecule has 2 aliphatic rings. The van der Waals surface area contributed by atoms with Gasteiger partial charge in [0.05, 0.1) is 12.0 Å². The number of hydrogen-bond acceptors (Lipinski definition) is 3. The molecule has 7 nitrogen and oxygen atoms in total. The van der Waals surface area contributed by atoms with Gasteiger partial charge in [0.15, 0.2) is 5.96 Å². The van der Waals surface area contributed by atoms with E-state index in [2.05, 4.69) is 17.6 Å². The third-order valence-electron chi connectivity index (χ3n) is 5.95. The van der Waals surface area contributed by atoms with Crippen molar-refractivity contribution in [2.45, 2.75) is 65.3 Å². The summed E-state index contributed by atoms with van der Waals surface area (Å²) in [6.45, 7) is 8.85. The zero-order chi connectivity index (χ0) is 20.7. The Kier molecular flexibility index (Phi) is 10.7. The minimum atomic E-state index is -0.348. The van der Waals surface area contributed by atoms with Crippen molar-refractivity contribution in [2.75, 3.05) is 40.3 Å². The first-order valence-electron chi connectivity index (χ1n) is 10.8. The molecule has 0 unspecified atom stereocenters. The molecule has 0 atom stereocenters. The van der Waals surface area contributed by atoms with E-state index in [0.29, 0.717) is 12.6 Å². The fourth-order valence-electron chi connectivity index (χ4n) is 4.32. The summed E-state index contributed by atoms with van der Waals surface area (Å²) in [5, 5.41) is 6.86. The van der Waals surface area contributed by atoms with Crippen LogP contribution in [0.3, 0.4) is 0 Å². The molecule has 8 heteroatoms. The van der Waals surface area contributed by atoms with Crippen LogP contribution in [-0.4, -0.2) is 73.9 Å². The Balaban J connectivity index is 0.00000420. The third-order valence-corrected chi connectivity index (χ3v) is 5.95. The molecule has 1 saturated heterocycles. The first-order chi connectivity index (χ1) is 13.3. The molecule has 0 bridgehead atoms. The van der Waals surface area contributed by atoms with Crippen LogP contribution in [0.1, 0.15) is 59.3 Å². The predicted octanol–water partition coefficient (Wildman–Crippen LogP) is 2.46. The van der Waals surface area contributed by atoms with Gasteiger partial charge in [0.2, 0.25) is 11.8 Å². The van der Waals surface area contributed by atoms with Gasteiger partial charge in [0.1, 0.15) is 0 Å². The third kappa shape index (κ3) is 7.00. The van der Waals surface area contributed by atoms with Crippen LogP contribution in [0.15, 0.2) is 4.99 Å². The monoisotopic (exact) mass is 521 g/mol. The Morgan fingerprint density at radius 2 is 1.76 bits per heavy atom. The first-order valence-corrected chi connectivity index (χ1v) is 10.8. The Hall–Kier alpha value is -1.06. The van der Waals surface area contributed by atoms with E-state index in [1.165, 1.54) is 0 Å². The van der Waals surface area contributed by atoms with Crippen LogP contribution in [0.25, 0.3) is 0 Å². The van der Waals surface area contributed by atoms with Gasteiger partial charge in [-0.2, -0.15) is 0 Å². The van der Waals surface area contributed by atoms with E-state index in [0.717, 1.165) is 64.1 Å². The quantitative estimate of drug-likeness (QED) is 0.320. The normalized spacial score (nSPS) is 19.7. The highest BCUT2D eigenvalue weighted by molar-refractivity contribution is 14.0. The molecule has 1 aliphatic carbocycles. The standard InChI is InChI=1S/C21H39N5O2.HI/c1-6-22-20(23-15-21(11-7-8-12-21)19(28)25(4)5)24-17-9-13-26(14-10-17)18(27)16(2)3;/h16-17H,6-15H2,1-5H3,(H2,22,23,24);1H. The van der Waals surface area contributed by atoms with E-state index >= 15 is 0 Å². The predicted molar refractivity (Wildman–Crippen MR) is 129 cm³/mol. The zero-order valence-electron chi connectivity index (χ0n) is 18.8. The minimum absolute atomic E-state index is 0. The molecule has 0 aromatic carbocycles. The number of rotatable bonds is 6. The molecular formula is C21H40IN5O2. The fourth-order valence-corrected chi connectivity index (χ4v) is 4.32. The SMILES string of the molecule is CCNC(=NCC1(C(=O)N(C)C)CCCC1)NC1CCN(C(=O)C(C)C)CC1.I. The van der Waals surface area contributed by atoms with Gasteiger partial charge >= 0.3 is 0 Å². The number of amides is 2. The number of nitrogens with zero attached hydrogens (tertiary/aromatic N) is 3. The topological polar surface area (TPSA) is 77.0 Å². The molecule has 1 heterocycles. The first kappa shape index (κ1) is 26.0. The molecule has 0 aromatic rings. The number of likely N-dealkylation sites (tertiary alicyclic amines) is 1. The van der Waals surface area contributed by atoms with Gasteiger partial charge in [-0.05, 0) is 32.6 Å². The van der Waals surface area contributed by atoms with E-state index in [1.807, 2.05) is 32.8 Å². The van der Waals surface area contributed by atoms with Crippen molar-refractivity contribution < 1.29 is 9.59 Å². The lowest BCUT2D eigenvalue weighted by molar-refractivity contribution is -0.138. The van der Waals surface area contributed by atoms with Crippen molar-refractivity contribution in [1.29, 1.82) is 0 Å². The van der Waals surface area contributed by atoms with Gasteiger partial charge in [-0.15, -0.1) is 24.0 Å². The number of halogens is 1. The second-order valence-electron chi connectivity index (χ2n) is 8.78. The van der Waals surface area contributed by atoms with Crippen LogP contribution in [0.5, 0.6) is 0 Å². The van der Waals surface area contributed by atoms with Crippen LogP contribution in [0.2, 0.25) is 0 Å². The van der Waals surface area contributed by atoms with E-state index in [-0.39, 0.29) is 47.1 Å². The summed E-state index contributed by atoms with van der Waals surface area (Å²) in [6, 6.07) is 0.304. The maximum atomic E-state index is 12.8. The minimum Gasteiger partial charge on any atom is -0.357 e. The Bertz CT molecular complexity index is 565. The van der Waals surface area contributed by atoms with Crippen molar-refractivity contribution in [2.24, 2.45) is 16.3 Å². The summed E-state index contributed by atoms with van der Waals surface area (Å²) in [5.41, 5.74) is -0.348. The molecule has 2 amide bonds. The summed E-state index contributed by atoms with van der Waals surface area (Å²) in [7, 11) is 3.67. The number of carbonyl (C=O) groups is 2. The molecule has 2 N–H and O–H groups in total. The maximum Gasteiger partial charge on any atom is 0.230 e. The molecular weight excluding hydrogens is 481 g/mol. The van der Waals surface area contributed by atoms with Crippen molar-refractivity contribution >= 4 is 41.8 Å². The molecule has 0 spiro atoms. The van der Waals surface area contributed by atoms with Gasteiger partial charge in [-0.1, -0.05) is 26.7 Å². The lowest BCUT2D eigenvalue weighted by Gasteiger charge is -2.34. The van der Waals surface area contributed by atoms with Gasteiger partial charge in [-0.25, -0.2) is 0 Å². The van der Waals surface area contributed by atoms with Gasteiger partial charge < -0.3 is 20.4 Å². The number of carbonyl (C=O) groups excluding carboxylic acids is 2. The molecule has 0 radical (unpaired) electrons. The molecule has 29 heavy (non-hydrogen) atoms. The average Bonchev–Trinajstić information content (AvgIpc) is 3.15. The van der Waals surface area contributed by atoms with Gasteiger partial charge in [0, 0.05) is 45.7 Å². The highest BCUT2D eigenvalue weighted by Crippen LogP contribution is 2.39. The highest BCUT2D eigenvalue weighted by atomic mass is 127. The van der Waals surface area contributed by atoms with Crippen LogP contribution in [-0.2, 0) is 9.59 Å². The highest BCUT2D eigenvalue weighted by Gasteiger charge is 2.42. The van der Waals surface area contributed by atoms with Crippen LogP contribution in [0.4, 0.5) is 0 Å². The largest absolute Gasteiger partial charge is 0.357 e. The van der Waals surface area contributed by atoms with Crippen molar-refractivity contribution in [3.63, 3.8) is 0 Å². The zero-order valence-corrected chi connectivity index (χ0v) is 21.1. The number of guanidine groups is 1. The van der Waals surface area contributed by atoms with E-state index in [9.17, 15) is 9.59 Å². The van der Waals surface area contributed by atoms with Crippen LogP contribution < -0.4 is 10.6 Å². The Labute approximate surface area is 193 Å². The average molecular weight is 521 g/mol.